The number of fused-ring (bicyclic) bond motifs is 1. The fourth-order valence-electron chi connectivity index (χ4n) is 3.27. The molecule has 3 aromatic carbocycles. The van der Waals surface area contributed by atoms with Crippen molar-refractivity contribution in [3.8, 4) is 11.5 Å². The molecule has 0 saturated carbocycles. The van der Waals surface area contributed by atoms with E-state index in [1.165, 1.54) is 30.5 Å². The van der Waals surface area contributed by atoms with Gasteiger partial charge in [-0.1, -0.05) is 30.3 Å². The molecular weight excluding hydrogens is 565 g/mol. The summed E-state index contributed by atoms with van der Waals surface area (Å²) in [6, 6.07) is 19.0. The first kappa shape index (κ1) is 24.2. The highest BCUT2D eigenvalue weighted by molar-refractivity contribution is 14.1. The van der Waals surface area contributed by atoms with Crippen LogP contribution < -0.4 is 14.9 Å². The average Bonchev–Trinajstić information content (AvgIpc) is 3.28. The number of rotatable bonds is 9. The Labute approximate surface area is 214 Å². The Morgan fingerprint density at radius 3 is 2.69 bits per heavy atom. The zero-order chi connectivity index (χ0) is 24.8. The molecule has 0 atom stereocenters. The molecule has 1 aromatic heterocycles. The van der Waals surface area contributed by atoms with Crippen molar-refractivity contribution in [3.63, 3.8) is 0 Å². The van der Waals surface area contributed by atoms with Crippen LogP contribution in [0.1, 0.15) is 28.6 Å². The first-order valence-corrected chi connectivity index (χ1v) is 11.7. The van der Waals surface area contributed by atoms with Crippen molar-refractivity contribution in [2.45, 2.75) is 13.5 Å². The van der Waals surface area contributed by atoms with Crippen molar-refractivity contribution in [3.05, 3.63) is 97.3 Å². The molecule has 0 aliphatic carbocycles. The van der Waals surface area contributed by atoms with Crippen LogP contribution in [0.25, 0.3) is 11.0 Å². The smallest absolute Gasteiger partial charge is 0.307 e. The van der Waals surface area contributed by atoms with Crippen LogP contribution in [-0.2, 0) is 6.61 Å². The van der Waals surface area contributed by atoms with E-state index >= 15 is 0 Å². The number of halogens is 1. The van der Waals surface area contributed by atoms with Crippen LogP contribution in [0.4, 0.5) is 5.69 Å². The normalized spacial score (nSPS) is 11.0. The van der Waals surface area contributed by atoms with Gasteiger partial charge in [-0.2, -0.15) is 5.10 Å². The maximum atomic E-state index is 12.4. The molecule has 0 aliphatic heterocycles. The molecular formula is C25H20IN3O6. The van der Waals surface area contributed by atoms with Crippen LogP contribution in [-0.4, -0.2) is 23.7 Å². The van der Waals surface area contributed by atoms with Gasteiger partial charge in [0.25, 0.3) is 5.69 Å². The number of nitro groups is 1. The third-order valence-corrected chi connectivity index (χ3v) is 5.67. The van der Waals surface area contributed by atoms with Gasteiger partial charge in [-0.3, -0.25) is 14.9 Å². The summed E-state index contributed by atoms with van der Waals surface area (Å²) in [5.41, 5.74) is 4.43. The largest absolute Gasteiger partial charge is 0.490 e. The Morgan fingerprint density at radius 1 is 1.14 bits per heavy atom. The van der Waals surface area contributed by atoms with Crippen molar-refractivity contribution in [2.24, 2.45) is 5.10 Å². The topological polar surface area (TPSA) is 116 Å². The van der Waals surface area contributed by atoms with Gasteiger partial charge in [0.1, 0.15) is 12.2 Å². The monoisotopic (exact) mass is 585 g/mol. The molecule has 0 fully saturated rings. The zero-order valence-electron chi connectivity index (χ0n) is 18.6. The lowest BCUT2D eigenvalue weighted by Gasteiger charge is -2.14. The number of non-ortho nitro benzene ring substituents is 1. The predicted octanol–water partition coefficient (Wildman–Crippen LogP) is 5.69. The molecule has 1 heterocycles. The number of ether oxygens (including phenoxy) is 2. The number of carbonyl (C=O) groups excluding carboxylic acids is 1. The lowest BCUT2D eigenvalue weighted by Crippen LogP contribution is -2.16. The lowest BCUT2D eigenvalue weighted by molar-refractivity contribution is -0.384. The third-order valence-electron chi connectivity index (χ3n) is 4.87. The molecule has 0 unspecified atom stereocenters. The van der Waals surface area contributed by atoms with Gasteiger partial charge in [-0.15, -0.1) is 0 Å². The van der Waals surface area contributed by atoms with Crippen LogP contribution in [0.3, 0.4) is 0 Å². The van der Waals surface area contributed by atoms with Crippen LogP contribution in [0.5, 0.6) is 11.5 Å². The molecule has 10 heteroatoms. The minimum atomic E-state index is -0.581. The van der Waals surface area contributed by atoms with Crippen molar-refractivity contribution >= 4 is 51.4 Å². The Hall–Kier alpha value is -3.93. The molecule has 1 N–H and O–H groups in total. The first-order chi connectivity index (χ1) is 16.9. The first-order valence-electron chi connectivity index (χ1n) is 10.6. The van der Waals surface area contributed by atoms with Crippen molar-refractivity contribution in [1.82, 2.24) is 5.43 Å². The average molecular weight is 585 g/mol. The van der Waals surface area contributed by atoms with E-state index in [4.69, 9.17) is 13.9 Å². The van der Waals surface area contributed by atoms with Crippen molar-refractivity contribution < 1.29 is 23.6 Å². The minimum Gasteiger partial charge on any atom is -0.490 e. The number of benzene rings is 3. The summed E-state index contributed by atoms with van der Waals surface area (Å²) in [5, 5.41) is 15.4. The maximum Gasteiger partial charge on any atom is 0.307 e. The summed E-state index contributed by atoms with van der Waals surface area (Å²) < 4.78 is 18.1. The summed E-state index contributed by atoms with van der Waals surface area (Å²) in [5.74, 6) is 0.616. The SMILES string of the molecule is CCOc1cc(/C=N/NC(=O)c2cc3cc([N+](=O)[O-])ccc3o2)cc(I)c1OCc1ccccc1. The number of amides is 1. The third kappa shape index (κ3) is 5.96. The molecule has 4 rings (SSSR count). The van der Waals surface area contributed by atoms with Crippen LogP contribution in [0.2, 0.25) is 0 Å². The van der Waals surface area contributed by atoms with Gasteiger partial charge in [-0.25, -0.2) is 5.43 Å². The van der Waals surface area contributed by atoms with E-state index in [2.05, 4.69) is 33.1 Å². The molecule has 1 amide bonds. The Bertz CT molecular complexity index is 1400. The van der Waals surface area contributed by atoms with Gasteiger partial charge >= 0.3 is 5.91 Å². The number of nitrogens with one attached hydrogen (secondary N) is 1. The van der Waals surface area contributed by atoms with E-state index in [1.807, 2.05) is 43.3 Å². The number of nitrogens with zero attached hydrogens (tertiary/aromatic N) is 2. The van der Waals surface area contributed by atoms with Crippen LogP contribution in [0, 0.1) is 13.7 Å². The van der Waals surface area contributed by atoms with E-state index < -0.39 is 10.8 Å². The zero-order valence-corrected chi connectivity index (χ0v) is 20.7. The standard InChI is InChI=1S/C25H20IN3O6/c1-2-33-22-11-17(10-20(26)24(22)34-15-16-6-4-3-5-7-16)14-27-28-25(30)23-13-18-12-19(29(31)32)8-9-21(18)35-23/h3-14H,2,15H2,1H3,(H,28,30)/b27-14+. The van der Waals surface area contributed by atoms with E-state index in [0.29, 0.717) is 41.2 Å². The molecule has 35 heavy (non-hydrogen) atoms. The molecule has 0 spiro atoms. The summed E-state index contributed by atoms with van der Waals surface area (Å²) in [4.78, 5) is 22.9. The molecule has 178 valence electrons. The predicted molar refractivity (Wildman–Crippen MR) is 139 cm³/mol. The van der Waals surface area contributed by atoms with Gasteiger partial charge in [-0.05, 0) is 64.9 Å². The summed E-state index contributed by atoms with van der Waals surface area (Å²) >= 11 is 2.17. The Kier molecular flexibility index (Phi) is 7.60. The molecule has 4 aromatic rings. The van der Waals surface area contributed by atoms with E-state index in [1.54, 1.807) is 6.07 Å². The minimum absolute atomic E-state index is 0.00751. The number of nitro benzene ring substituents is 1. The Balaban J connectivity index is 1.46. The second-order valence-electron chi connectivity index (χ2n) is 7.33. The molecule has 0 aliphatic rings. The summed E-state index contributed by atoms with van der Waals surface area (Å²) in [7, 11) is 0. The second-order valence-corrected chi connectivity index (χ2v) is 8.49. The highest BCUT2D eigenvalue weighted by Gasteiger charge is 2.15. The Morgan fingerprint density at radius 2 is 1.94 bits per heavy atom. The van der Waals surface area contributed by atoms with Gasteiger partial charge < -0.3 is 13.9 Å². The molecule has 0 radical (unpaired) electrons. The lowest BCUT2D eigenvalue weighted by atomic mass is 10.2. The maximum absolute atomic E-state index is 12.4. The van der Waals surface area contributed by atoms with E-state index in [9.17, 15) is 14.9 Å². The summed E-state index contributed by atoms with van der Waals surface area (Å²) in [6.45, 7) is 2.75. The van der Waals surface area contributed by atoms with Gasteiger partial charge in [0, 0.05) is 17.5 Å². The van der Waals surface area contributed by atoms with Crippen LogP contribution >= 0.6 is 22.6 Å². The number of hydrazone groups is 1. The van der Waals surface area contributed by atoms with E-state index in [0.717, 1.165) is 9.13 Å². The molecule has 0 bridgehead atoms. The quantitative estimate of drug-likeness (QED) is 0.117. The number of hydrogen-bond donors (Lipinski definition) is 1. The van der Waals surface area contributed by atoms with Gasteiger partial charge in [0.05, 0.1) is 21.3 Å². The highest BCUT2D eigenvalue weighted by atomic mass is 127. The van der Waals surface area contributed by atoms with E-state index in [-0.39, 0.29) is 11.4 Å². The second kappa shape index (κ2) is 11.0. The highest BCUT2D eigenvalue weighted by Crippen LogP contribution is 2.34. The molecule has 9 nitrogen and oxygen atoms in total. The van der Waals surface area contributed by atoms with Crippen molar-refractivity contribution in [2.75, 3.05) is 6.61 Å². The van der Waals surface area contributed by atoms with Gasteiger partial charge in [0.15, 0.2) is 17.3 Å². The van der Waals surface area contributed by atoms with Gasteiger partial charge in [0.2, 0.25) is 0 Å². The van der Waals surface area contributed by atoms with Crippen molar-refractivity contribution in [1.29, 1.82) is 0 Å². The van der Waals surface area contributed by atoms with Crippen LogP contribution in [0.15, 0.2) is 76.2 Å². The fourth-order valence-corrected chi connectivity index (χ4v) is 4.05. The number of hydrogen-bond acceptors (Lipinski definition) is 7. The molecule has 0 saturated heterocycles. The summed E-state index contributed by atoms with van der Waals surface area (Å²) in [6.07, 6.45) is 1.48. The number of carbonyl (C=O) groups is 1. The number of furan rings is 1. The fraction of sp³-hybridized carbons (Fsp3) is 0.120.